The highest BCUT2D eigenvalue weighted by atomic mass is 16.5. The molecular formula is C15H31N3O. The van der Waals surface area contributed by atoms with Gasteiger partial charge < -0.3 is 15.0 Å². The first-order valence-electron chi connectivity index (χ1n) is 8.03. The van der Waals surface area contributed by atoms with E-state index in [9.17, 15) is 0 Å². The van der Waals surface area contributed by atoms with Gasteiger partial charge in [-0.3, -0.25) is 4.90 Å². The molecule has 0 radical (unpaired) electrons. The quantitative estimate of drug-likeness (QED) is 0.751. The molecule has 2 aliphatic heterocycles. The monoisotopic (exact) mass is 269 g/mol. The van der Waals surface area contributed by atoms with Crippen molar-refractivity contribution in [2.24, 2.45) is 0 Å². The second-order valence-corrected chi connectivity index (χ2v) is 6.03. The molecule has 112 valence electrons. The van der Waals surface area contributed by atoms with Crippen molar-refractivity contribution in [3.63, 3.8) is 0 Å². The van der Waals surface area contributed by atoms with Gasteiger partial charge in [-0.05, 0) is 45.8 Å². The Morgan fingerprint density at radius 2 is 2.05 bits per heavy atom. The zero-order valence-electron chi connectivity index (χ0n) is 12.7. The van der Waals surface area contributed by atoms with E-state index in [0.717, 1.165) is 32.3 Å². The van der Waals surface area contributed by atoms with E-state index in [2.05, 4.69) is 29.1 Å². The minimum atomic E-state index is 0.681. The molecule has 2 saturated heterocycles. The summed E-state index contributed by atoms with van der Waals surface area (Å²) in [5.41, 5.74) is 0. The fourth-order valence-electron chi connectivity index (χ4n) is 3.33. The Labute approximate surface area is 118 Å². The number of likely N-dealkylation sites (N-methyl/N-ethyl adjacent to an activating group) is 2. The molecule has 0 saturated carbocycles. The lowest BCUT2D eigenvalue weighted by Gasteiger charge is -2.29. The molecule has 0 aromatic heterocycles. The second kappa shape index (κ2) is 8.20. The third-order valence-corrected chi connectivity index (χ3v) is 4.58. The van der Waals surface area contributed by atoms with E-state index >= 15 is 0 Å². The lowest BCUT2D eigenvalue weighted by molar-refractivity contribution is 0.0772. The maximum Gasteiger partial charge on any atom is 0.0480 e. The molecule has 1 unspecified atom stereocenters. The van der Waals surface area contributed by atoms with Crippen LogP contribution in [0.2, 0.25) is 0 Å². The highest BCUT2D eigenvalue weighted by Gasteiger charge is 2.23. The molecule has 2 aliphatic rings. The largest absolute Gasteiger partial charge is 0.381 e. The number of nitrogens with one attached hydrogen (secondary N) is 1. The normalized spacial score (nSPS) is 26.4. The third-order valence-electron chi connectivity index (χ3n) is 4.58. The molecule has 19 heavy (non-hydrogen) atoms. The van der Waals surface area contributed by atoms with Crippen molar-refractivity contribution >= 4 is 0 Å². The average Bonchev–Trinajstić information content (AvgIpc) is 2.87. The zero-order valence-corrected chi connectivity index (χ0v) is 12.7. The number of nitrogens with zero attached hydrogens (tertiary/aromatic N) is 2. The third kappa shape index (κ3) is 5.03. The van der Waals surface area contributed by atoms with Gasteiger partial charge in [0, 0.05) is 44.9 Å². The lowest BCUT2D eigenvalue weighted by Crippen LogP contribution is -2.43. The van der Waals surface area contributed by atoms with Crippen LogP contribution in [0.1, 0.15) is 32.6 Å². The van der Waals surface area contributed by atoms with Crippen LogP contribution in [0.15, 0.2) is 0 Å². The van der Waals surface area contributed by atoms with Crippen molar-refractivity contribution in [2.45, 2.75) is 44.7 Å². The first-order chi connectivity index (χ1) is 9.29. The Kier molecular flexibility index (Phi) is 6.57. The van der Waals surface area contributed by atoms with Gasteiger partial charge in [-0.2, -0.15) is 0 Å². The molecule has 2 fully saturated rings. The zero-order chi connectivity index (χ0) is 13.5. The van der Waals surface area contributed by atoms with E-state index in [4.69, 9.17) is 4.74 Å². The predicted octanol–water partition coefficient (Wildman–Crippen LogP) is 1.17. The predicted molar refractivity (Wildman–Crippen MR) is 79.6 cm³/mol. The van der Waals surface area contributed by atoms with E-state index < -0.39 is 0 Å². The standard InChI is InChI=1S/C15H31N3O/c1-3-18-9-4-5-15(18)13-17(2)10-8-16-14-6-11-19-12-7-14/h14-16H,3-13H2,1-2H3. The lowest BCUT2D eigenvalue weighted by atomic mass is 10.1. The molecule has 2 heterocycles. The molecule has 0 aromatic carbocycles. The smallest absolute Gasteiger partial charge is 0.0480 e. The van der Waals surface area contributed by atoms with E-state index in [1.807, 2.05) is 0 Å². The minimum absolute atomic E-state index is 0.681. The fourth-order valence-corrected chi connectivity index (χ4v) is 3.33. The molecular weight excluding hydrogens is 238 g/mol. The van der Waals surface area contributed by atoms with Gasteiger partial charge in [0.15, 0.2) is 0 Å². The van der Waals surface area contributed by atoms with E-state index in [-0.39, 0.29) is 0 Å². The van der Waals surface area contributed by atoms with Gasteiger partial charge >= 0.3 is 0 Å². The molecule has 0 spiro atoms. The molecule has 0 bridgehead atoms. The van der Waals surface area contributed by atoms with Gasteiger partial charge in [0.2, 0.25) is 0 Å². The summed E-state index contributed by atoms with van der Waals surface area (Å²) in [6, 6.07) is 1.47. The van der Waals surface area contributed by atoms with Crippen molar-refractivity contribution in [1.82, 2.24) is 15.1 Å². The van der Waals surface area contributed by atoms with Gasteiger partial charge in [-0.1, -0.05) is 6.92 Å². The first-order valence-corrected chi connectivity index (χ1v) is 8.03. The van der Waals surface area contributed by atoms with Gasteiger partial charge in [0.1, 0.15) is 0 Å². The fraction of sp³-hybridized carbons (Fsp3) is 1.00. The summed E-state index contributed by atoms with van der Waals surface area (Å²) >= 11 is 0. The molecule has 1 atom stereocenters. The van der Waals surface area contributed by atoms with Crippen molar-refractivity contribution in [1.29, 1.82) is 0 Å². The van der Waals surface area contributed by atoms with Gasteiger partial charge in [-0.15, -0.1) is 0 Å². The Morgan fingerprint density at radius 1 is 1.26 bits per heavy atom. The summed E-state index contributed by atoms with van der Waals surface area (Å²) in [6.45, 7) is 10.1. The van der Waals surface area contributed by atoms with Gasteiger partial charge in [-0.25, -0.2) is 0 Å². The maximum absolute atomic E-state index is 5.38. The molecule has 4 heteroatoms. The van der Waals surface area contributed by atoms with Crippen LogP contribution in [-0.4, -0.2) is 74.9 Å². The van der Waals surface area contributed by atoms with Crippen LogP contribution in [0.25, 0.3) is 0 Å². The van der Waals surface area contributed by atoms with Crippen LogP contribution in [-0.2, 0) is 4.74 Å². The molecule has 2 rings (SSSR count). The summed E-state index contributed by atoms with van der Waals surface area (Å²) < 4.78 is 5.38. The molecule has 0 aromatic rings. The van der Waals surface area contributed by atoms with Crippen molar-refractivity contribution in [3.05, 3.63) is 0 Å². The second-order valence-electron chi connectivity index (χ2n) is 6.03. The van der Waals surface area contributed by atoms with Crippen LogP contribution >= 0.6 is 0 Å². The van der Waals surface area contributed by atoms with Gasteiger partial charge in [0.25, 0.3) is 0 Å². The highest BCUT2D eigenvalue weighted by Crippen LogP contribution is 2.17. The summed E-state index contributed by atoms with van der Waals surface area (Å²) in [5.74, 6) is 0. The summed E-state index contributed by atoms with van der Waals surface area (Å²) in [4.78, 5) is 5.12. The van der Waals surface area contributed by atoms with E-state index in [1.165, 1.54) is 45.3 Å². The Hall–Kier alpha value is -0.160. The number of rotatable bonds is 7. The van der Waals surface area contributed by atoms with Gasteiger partial charge in [0.05, 0.1) is 0 Å². The van der Waals surface area contributed by atoms with E-state index in [1.54, 1.807) is 0 Å². The Bertz CT molecular complexity index is 244. The average molecular weight is 269 g/mol. The van der Waals surface area contributed by atoms with Crippen molar-refractivity contribution in [2.75, 3.05) is 53.0 Å². The van der Waals surface area contributed by atoms with Crippen molar-refractivity contribution < 1.29 is 4.74 Å². The number of likely N-dealkylation sites (tertiary alicyclic amines) is 1. The van der Waals surface area contributed by atoms with Crippen LogP contribution in [0.4, 0.5) is 0 Å². The molecule has 1 N–H and O–H groups in total. The summed E-state index contributed by atoms with van der Waals surface area (Å²) in [6.07, 6.45) is 5.12. The molecule has 4 nitrogen and oxygen atoms in total. The first kappa shape index (κ1) is 15.2. The maximum atomic E-state index is 5.38. The van der Waals surface area contributed by atoms with Crippen LogP contribution in [0.3, 0.4) is 0 Å². The minimum Gasteiger partial charge on any atom is -0.381 e. The van der Waals surface area contributed by atoms with Crippen LogP contribution in [0, 0.1) is 0 Å². The topological polar surface area (TPSA) is 27.7 Å². The van der Waals surface area contributed by atoms with Crippen LogP contribution < -0.4 is 5.32 Å². The van der Waals surface area contributed by atoms with E-state index in [0.29, 0.717) is 6.04 Å². The molecule has 0 amide bonds. The van der Waals surface area contributed by atoms with Crippen molar-refractivity contribution in [3.8, 4) is 0 Å². The number of hydrogen-bond acceptors (Lipinski definition) is 4. The Morgan fingerprint density at radius 3 is 2.79 bits per heavy atom. The number of ether oxygens (including phenoxy) is 1. The SMILES string of the molecule is CCN1CCCC1CN(C)CCNC1CCOCC1. The molecule has 0 aliphatic carbocycles. The number of hydrogen-bond donors (Lipinski definition) is 1. The summed E-state index contributed by atoms with van der Waals surface area (Å²) in [5, 5.41) is 3.67. The van der Waals surface area contributed by atoms with Crippen LogP contribution in [0.5, 0.6) is 0 Å². The highest BCUT2D eigenvalue weighted by molar-refractivity contribution is 4.81. The summed E-state index contributed by atoms with van der Waals surface area (Å²) in [7, 11) is 2.26. The Balaban J connectivity index is 1.57.